The fraction of sp³-hybridized carbons (Fsp3) is 0.308. The molecule has 3 N–H and O–H groups in total. The van der Waals surface area contributed by atoms with Gasteiger partial charge in [0.25, 0.3) is 0 Å². The number of rotatable bonds is 9. The van der Waals surface area contributed by atoms with Gasteiger partial charge in [0.05, 0.1) is 5.01 Å². The van der Waals surface area contributed by atoms with Crippen LogP contribution in [-0.2, 0) is 16.0 Å². The highest BCUT2D eigenvalue weighted by Gasteiger charge is 2.42. The molecule has 1 aromatic heterocycles. The SMILES string of the molecule is O=C(NC[C@H]1C[C@H]1C(=O)NCCc1nc(C(=O)O)cs1)OCC1c2ccccc2-c2ccccc21. The average Bonchev–Trinajstić information content (AvgIpc) is 3.36. The Kier molecular flexibility index (Phi) is 6.50. The van der Waals surface area contributed by atoms with Gasteiger partial charge >= 0.3 is 12.1 Å². The number of nitrogens with zero attached hydrogens (tertiary/aromatic N) is 1. The normalized spacial score (nSPS) is 17.8. The van der Waals surface area contributed by atoms with Gasteiger partial charge in [-0.2, -0.15) is 0 Å². The van der Waals surface area contributed by atoms with Gasteiger partial charge in [-0.3, -0.25) is 4.79 Å². The molecule has 1 heterocycles. The Labute approximate surface area is 206 Å². The molecule has 0 spiro atoms. The summed E-state index contributed by atoms with van der Waals surface area (Å²) in [5.74, 6) is -1.14. The monoisotopic (exact) mass is 491 g/mol. The van der Waals surface area contributed by atoms with Crippen LogP contribution in [0.4, 0.5) is 4.79 Å². The first-order chi connectivity index (χ1) is 17.0. The molecule has 2 amide bonds. The van der Waals surface area contributed by atoms with E-state index in [1.807, 2.05) is 24.3 Å². The van der Waals surface area contributed by atoms with Crippen LogP contribution in [0.15, 0.2) is 53.9 Å². The van der Waals surface area contributed by atoms with Crippen LogP contribution in [0.3, 0.4) is 0 Å². The molecule has 180 valence electrons. The summed E-state index contributed by atoms with van der Waals surface area (Å²) in [6, 6.07) is 16.4. The van der Waals surface area contributed by atoms with Crippen molar-refractivity contribution in [3.63, 3.8) is 0 Å². The van der Waals surface area contributed by atoms with Crippen LogP contribution < -0.4 is 10.6 Å². The summed E-state index contributed by atoms with van der Waals surface area (Å²) < 4.78 is 5.55. The van der Waals surface area contributed by atoms with Crippen molar-refractivity contribution in [1.82, 2.24) is 15.6 Å². The van der Waals surface area contributed by atoms with Crippen molar-refractivity contribution < 1.29 is 24.2 Å². The number of thiazole rings is 1. The molecule has 0 unspecified atom stereocenters. The van der Waals surface area contributed by atoms with Crippen LogP contribution in [0.5, 0.6) is 0 Å². The minimum absolute atomic E-state index is 0.0111. The minimum Gasteiger partial charge on any atom is -0.476 e. The first-order valence-electron chi connectivity index (χ1n) is 11.6. The zero-order chi connectivity index (χ0) is 24.4. The molecule has 0 bridgehead atoms. The molecule has 1 fully saturated rings. The highest BCUT2D eigenvalue weighted by Crippen LogP contribution is 2.44. The summed E-state index contributed by atoms with van der Waals surface area (Å²) in [5.41, 5.74) is 4.72. The highest BCUT2D eigenvalue weighted by molar-refractivity contribution is 7.09. The van der Waals surface area contributed by atoms with E-state index in [2.05, 4.69) is 39.9 Å². The average molecular weight is 492 g/mol. The van der Waals surface area contributed by atoms with Gasteiger partial charge in [-0.25, -0.2) is 14.6 Å². The lowest BCUT2D eigenvalue weighted by Crippen LogP contribution is -2.31. The maximum atomic E-state index is 12.3. The second-order valence-electron chi connectivity index (χ2n) is 8.78. The molecule has 2 aliphatic carbocycles. The first kappa shape index (κ1) is 23.0. The van der Waals surface area contributed by atoms with Gasteiger partial charge in [0.1, 0.15) is 6.61 Å². The molecule has 8 nitrogen and oxygen atoms in total. The van der Waals surface area contributed by atoms with Crippen molar-refractivity contribution in [2.24, 2.45) is 11.8 Å². The van der Waals surface area contributed by atoms with Gasteiger partial charge in [-0.05, 0) is 34.6 Å². The van der Waals surface area contributed by atoms with E-state index in [1.165, 1.54) is 27.8 Å². The second kappa shape index (κ2) is 9.87. The van der Waals surface area contributed by atoms with Crippen LogP contribution in [0.25, 0.3) is 11.1 Å². The number of amides is 2. The summed E-state index contributed by atoms with van der Waals surface area (Å²) in [4.78, 5) is 39.6. The molecule has 3 aromatic rings. The van der Waals surface area contributed by atoms with Gasteiger partial charge in [0.2, 0.25) is 5.91 Å². The van der Waals surface area contributed by atoms with Gasteiger partial charge in [-0.15, -0.1) is 11.3 Å². The third-order valence-corrected chi connectivity index (χ3v) is 7.43. The molecule has 0 saturated heterocycles. The van der Waals surface area contributed by atoms with E-state index < -0.39 is 12.1 Å². The Morgan fingerprint density at radius 1 is 1.03 bits per heavy atom. The van der Waals surface area contributed by atoms with Gasteiger partial charge < -0.3 is 20.5 Å². The van der Waals surface area contributed by atoms with E-state index in [4.69, 9.17) is 9.84 Å². The third kappa shape index (κ3) is 5.05. The highest BCUT2D eigenvalue weighted by atomic mass is 32.1. The van der Waals surface area contributed by atoms with Crippen LogP contribution >= 0.6 is 11.3 Å². The quantitative estimate of drug-likeness (QED) is 0.420. The Morgan fingerprint density at radius 2 is 1.71 bits per heavy atom. The van der Waals surface area contributed by atoms with Gasteiger partial charge in [0.15, 0.2) is 5.69 Å². The lowest BCUT2D eigenvalue weighted by Gasteiger charge is -2.14. The molecule has 35 heavy (non-hydrogen) atoms. The summed E-state index contributed by atoms with van der Waals surface area (Å²) in [6.07, 6.45) is 0.727. The number of carboxylic acids is 1. The predicted molar refractivity (Wildman–Crippen MR) is 130 cm³/mol. The van der Waals surface area contributed by atoms with Crippen LogP contribution in [0, 0.1) is 11.8 Å². The summed E-state index contributed by atoms with van der Waals surface area (Å²) >= 11 is 1.27. The van der Waals surface area contributed by atoms with Crippen molar-refractivity contribution in [3.8, 4) is 11.1 Å². The number of carbonyl (C=O) groups excluding carboxylic acids is 2. The van der Waals surface area contributed by atoms with E-state index in [0.717, 1.165) is 17.5 Å². The number of hydrogen-bond donors (Lipinski definition) is 3. The number of hydrogen-bond acceptors (Lipinski definition) is 6. The zero-order valence-electron chi connectivity index (χ0n) is 18.9. The Bertz CT molecular complexity index is 1230. The molecule has 2 aliphatic rings. The number of nitrogens with one attached hydrogen (secondary N) is 2. The Hall–Kier alpha value is -3.72. The number of alkyl carbamates (subject to hydrolysis) is 1. The van der Waals surface area contributed by atoms with Crippen molar-refractivity contribution in [3.05, 3.63) is 75.7 Å². The lowest BCUT2D eigenvalue weighted by atomic mass is 9.98. The maximum absolute atomic E-state index is 12.3. The molecule has 2 aromatic carbocycles. The van der Waals surface area contributed by atoms with Crippen molar-refractivity contribution in [1.29, 1.82) is 0 Å². The summed E-state index contributed by atoms with van der Waals surface area (Å²) in [5, 5.41) is 16.7. The van der Waals surface area contributed by atoms with Crippen molar-refractivity contribution in [2.75, 3.05) is 19.7 Å². The first-order valence-corrected chi connectivity index (χ1v) is 12.4. The largest absolute Gasteiger partial charge is 0.476 e. The van der Waals surface area contributed by atoms with Crippen molar-refractivity contribution >= 4 is 29.3 Å². The van der Waals surface area contributed by atoms with Crippen LogP contribution in [-0.4, -0.2) is 47.8 Å². The molecule has 0 radical (unpaired) electrons. The standard InChI is InChI=1S/C26H25N3O5S/c30-24(27-10-9-23-29-22(14-35-23)25(31)32)20-11-15(20)12-28-26(33)34-13-21-18-7-3-1-5-16(18)17-6-2-4-8-19(17)21/h1-8,14-15,20-21H,9-13H2,(H,27,30)(H,28,33)(H,31,32)/t15-,20-/m1/s1. The number of carboxylic acid groups (broad SMARTS) is 1. The van der Waals surface area contributed by atoms with Crippen LogP contribution in [0.2, 0.25) is 0 Å². The number of fused-ring (bicyclic) bond motifs is 3. The van der Waals surface area contributed by atoms with Gasteiger partial charge in [0, 0.05) is 36.7 Å². The van der Waals surface area contributed by atoms with E-state index in [9.17, 15) is 14.4 Å². The minimum atomic E-state index is -1.05. The number of aromatic nitrogens is 1. The molecule has 2 atom stereocenters. The molecule has 0 aliphatic heterocycles. The lowest BCUT2D eigenvalue weighted by molar-refractivity contribution is -0.122. The number of carbonyl (C=O) groups is 3. The molecule has 9 heteroatoms. The second-order valence-corrected chi connectivity index (χ2v) is 9.72. The number of benzene rings is 2. The maximum Gasteiger partial charge on any atom is 0.407 e. The number of ether oxygens (including phenoxy) is 1. The van der Waals surface area contributed by atoms with Crippen LogP contribution in [0.1, 0.15) is 39.0 Å². The molecular formula is C26H25N3O5S. The fourth-order valence-corrected chi connectivity index (χ4v) is 5.38. The predicted octanol–water partition coefficient (Wildman–Crippen LogP) is 3.67. The Balaban J connectivity index is 1.03. The smallest absolute Gasteiger partial charge is 0.407 e. The van der Waals surface area contributed by atoms with E-state index in [-0.39, 0.29) is 36.0 Å². The molecule has 5 rings (SSSR count). The topological polar surface area (TPSA) is 118 Å². The summed E-state index contributed by atoms with van der Waals surface area (Å²) in [7, 11) is 0. The molecular weight excluding hydrogens is 466 g/mol. The summed E-state index contributed by atoms with van der Waals surface area (Å²) in [6.45, 7) is 1.05. The number of aromatic carboxylic acids is 1. The van der Waals surface area contributed by atoms with E-state index in [1.54, 1.807) is 0 Å². The molecule has 1 saturated carbocycles. The van der Waals surface area contributed by atoms with Gasteiger partial charge in [-0.1, -0.05) is 48.5 Å². The fourth-order valence-electron chi connectivity index (χ4n) is 4.61. The van der Waals surface area contributed by atoms with E-state index >= 15 is 0 Å². The van der Waals surface area contributed by atoms with Crippen molar-refractivity contribution in [2.45, 2.75) is 18.8 Å². The Morgan fingerprint density at radius 3 is 2.37 bits per heavy atom. The zero-order valence-corrected chi connectivity index (χ0v) is 19.7. The third-order valence-electron chi connectivity index (χ3n) is 6.52. The van der Waals surface area contributed by atoms with E-state index in [0.29, 0.717) is 24.5 Å².